The zero-order valence-corrected chi connectivity index (χ0v) is 13.2. The number of ether oxygens (including phenoxy) is 2. The van der Waals surface area contributed by atoms with E-state index in [0.717, 1.165) is 38.5 Å². The minimum Gasteiger partial charge on any atom is -0.381 e. The number of hydrogen-bond donors (Lipinski definition) is 0. The Morgan fingerprint density at radius 2 is 2.00 bits per heavy atom. The summed E-state index contributed by atoms with van der Waals surface area (Å²) in [6, 6.07) is 0.572. The number of aromatic nitrogens is 2. The van der Waals surface area contributed by atoms with Crippen molar-refractivity contribution in [2.75, 3.05) is 26.3 Å². The van der Waals surface area contributed by atoms with Crippen molar-refractivity contribution in [1.82, 2.24) is 15.0 Å². The lowest BCUT2D eigenvalue weighted by atomic mass is 9.96. The molecule has 22 heavy (non-hydrogen) atoms. The zero-order valence-electron chi connectivity index (χ0n) is 13.2. The molecule has 0 aliphatic carbocycles. The fourth-order valence-corrected chi connectivity index (χ4v) is 4.13. The molecule has 6 nitrogen and oxygen atoms in total. The van der Waals surface area contributed by atoms with Gasteiger partial charge in [0.1, 0.15) is 6.10 Å². The van der Waals surface area contributed by atoms with Crippen molar-refractivity contribution in [1.29, 1.82) is 0 Å². The highest BCUT2D eigenvalue weighted by molar-refractivity contribution is 4.97. The highest BCUT2D eigenvalue weighted by Gasteiger charge is 2.42. The number of rotatable bonds is 3. The Morgan fingerprint density at radius 1 is 1.14 bits per heavy atom. The van der Waals surface area contributed by atoms with Crippen LogP contribution in [0.4, 0.5) is 0 Å². The van der Waals surface area contributed by atoms with Crippen molar-refractivity contribution < 1.29 is 14.0 Å². The van der Waals surface area contributed by atoms with Crippen LogP contribution in [-0.2, 0) is 9.47 Å². The first-order valence-electron chi connectivity index (χ1n) is 8.57. The molecule has 0 amide bonds. The fourth-order valence-electron chi connectivity index (χ4n) is 4.13. The Morgan fingerprint density at radius 3 is 2.77 bits per heavy atom. The summed E-state index contributed by atoms with van der Waals surface area (Å²) in [6.45, 7) is 6.08. The van der Waals surface area contributed by atoms with Crippen molar-refractivity contribution in [3.8, 4) is 0 Å². The maximum Gasteiger partial charge on any atom is 0.255 e. The van der Waals surface area contributed by atoms with Crippen LogP contribution < -0.4 is 0 Å². The molecule has 0 aromatic carbocycles. The van der Waals surface area contributed by atoms with Gasteiger partial charge in [-0.2, -0.15) is 4.98 Å². The molecular weight excluding hydrogens is 282 g/mol. The highest BCUT2D eigenvalue weighted by atomic mass is 16.5. The standard InChI is InChI=1S/C16H25N3O3/c1-11-17-16(22-18-11)15-3-2-13-14(21-15)4-7-19(13)10-12-5-8-20-9-6-12/h12-15H,2-10H2,1H3/t13-,14-,15+/m1/s1. The fraction of sp³-hybridized carbons (Fsp3) is 0.875. The van der Waals surface area contributed by atoms with E-state index in [9.17, 15) is 0 Å². The van der Waals surface area contributed by atoms with Crippen LogP contribution in [0.2, 0.25) is 0 Å². The normalized spacial score (nSPS) is 34.0. The van der Waals surface area contributed by atoms with Crippen LogP contribution in [0.5, 0.6) is 0 Å². The lowest BCUT2D eigenvalue weighted by Crippen LogP contribution is -2.43. The first-order valence-corrected chi connectivity index (χ1v) is 8.57. The summed E-state index contributed by atoms with van der Waals surface area (Å²) >= 11 is 0. The third-order valence-electron chi connectivity index (χ3n) is 5.31. The summed E-state index contributed by atoms with van der Waals surface area (Å²) in [5, 5.41) is 3.88. The molecule has 0 bridgehead atoms. The van der Waals surface area contributed by atoms with Gasteiger partial charge in [-0.05, 0) is 44.9 Å². The van der Waals surface area contributed by atoms with Crippen LogP contribution in [0.3, 0.4) is 0 Å². The molecule has 1 aromatic heterocycles. The summed E-state index contributed by atoms with van der Waals surface area (Å²) < 4.78 is 17.0. The predicted molar refractivity (Wildman–Crippen MR) is 79.4 cm³/mol. The van der Waals surface area contributed by atoms with E-state index in [1.54, 1.807) is 0 Å². The number of aryl methyl sites for hydroxylation is 1. The third-order valence-corrected chi connectivity index (χ3v) is 5.31. The molecule has 3 aliphatic heterocycles. The van der Waals surface area contributed by atoms with E-state index < -0.39 is 0 Å². The van der Waals surface area contributed by atoms with Crippen molar-refractivity contribution in [2.45, 2.75) is 57.3 Å². The number of hydrogen-bond acceptors (Lipinski definition) is 6. The van der Waals surface area contributed by atoms with Crippen molar-refractivity contribution in [3.63, 3.8) is 0 Å². The molecule has 6 heteroatoms. The Labute approximate surface area is 131 Å². The minimum atomic E-state index is -0.00881. The molecule has 0 N–H and O–H groups in total. The van der Waals surface area contributed by atoms with Gasteiger partial charge in [0.05, 0.1) is 6.10 Å². The van der Waals surface area contributed by atoms with E-state index in [0.29, 0.717) is 23.9 Å². The molecule has 3 atom stereocenters. The van der Waals surface area contributed by atoms with Crippen molar-refractivity contribution in [3.05, 3.63) is 11.7 Å². The van der Waals surface area contributed by atoms with E-state index in [2.05, 4.69) is 15.0 Å². The Hall–Kier alpha value is -0.980. The smallest absolute Gasteiger partial charge is 0.255 e. The third kappa shape index (κ3) is 2.92. The molecule has 3 fully saturated rings. The van der Waals surface area contributed by atoms with Crippen LogP contribution >= 0.6 is 0 Å². The molecule has 0 saturated carbocycles. The summed E-state index contributed by atoms with van der Waals surface area (Å²) in [4.78, 5) is 6.98. The molecular formula is C16H25N3O3. The van der Waals surface area contributed by atoms with Crippen LogP contribution in [0, 0.1) is 12.8 Å². The largest absolute Gasteiger partial charge is 0.381 e. The SMILES string of the molecule is Cc1noc([C@@H]2CC[C@@H]3[C@@H](CCN3CC3CCOCC3)O2)n1. The van der Waals surface area contributed by atoms with Gasteiger partial charge < -0.3 is 14.0 Å². The number of nitrogens with zero attached hydrogens (tertiary/aromatic N) is 3. The van der Waals surface area contributed by atoms with Crippen LogP contribution in [-0.4, -0.2) is 53.5 Å². The lowest BCUT2D eigenvalue weighted by molar-refractivity contribution is -0.0846. The van der Waals surface area contributed by atoms with E-state index in [-0.39, 0.29) is 6.10 Å². The van der Waals surface area contributed by atoms with Gasteiger partial charge in [-0.3, -0.25) is 4.90 Å². The monoisotopic (exact) mass is 307 g/mol. The highest BCUT2D eigenvalue weighted by Crippen LogP contribution is 2.38. The predicted octanol–water partition coefficient (Wildman–Crippen LogP) is 2.10. The maximum absolute atomic E-state index is 6.27. The molecule has 3 aliphatic rings. The summed E-state index contributed by atoms with van der Waals surface area (Å²) in [5.74, 6) is 2.14. The minimum absolute atomic E-state index is 0.00881. The summed E-state index contributed by atoms with van der Waals surface area (Å²) in [5.41, 5.74) is 0. The quantitative estimate of drug-likeness (QED) is 0.852. The van der Waals surface area contributed by atoms with Gasteiger partial charge in [-0.25, -0.2) is 0 Å². The second-order valence-corrected chi connectivity index (χ2v) is 6.83. The summed E-state index contributed by atoms with van der Waals surface area (Å²) in [6.07, 6.45) is 6.00. The summed E-state index contributed by atoms with van der Waals surface area (Å²) in [7, 11) is 0. The van der Waals surface area contributed by atoms with Crippen molar-refractivity contribution in [2.24, 2.45) is 5.92 Å². The second-order valence-electron chi connectivity index (χ2n) is 6.83. The molecule has 1 aromatic rings. The van der Waals surface area contributed by atoms with Crippen LogP contribution in [0.15, 0.2) is 4.52 Å². The van der Waals surface area contributed by atoms with Gasteiger partial charge >= 0.3 is 0 Å². The molecule has 4 heterocycles. The maximum atomic E-state index is 6.27. The molecule has 122 valence electrons. The number of likely N-dealkylation sites (tertiary alicyclic amines) is 1. The first kappa shape index (κ1) is 14.6. The van der Waals surface area contributed by atoms with Gasteiger partial charge in [0.15, 0.2) is 5.82 Å². The van der Waals surface area contributed by atoms with Gasteiger partial charge in [0, 0.05) is 32.3 Å². The topological polar surface area (TPSA) is 60.6 Å². The van der Waals surface area contributed by atoms with Crippen LogP contribution in [0.25, 0.3) is 0 Å². The van der Waals surface area contributed by atoms with E-state index in [1.807, 2.05) is 6.92 Å². The van der Waals surface area contributed by atoms with Gasteiger partial charge in [0.25, 0.3) is 5.89 Å². The van der Waals surface area contributed by atoms with E-state index >= 15 is 0 Å². The molecule has 0 unspecified atom stereocenters. The second kappa shape index (κ2) is 6.26. The molecule has 0 spiro atoms. The molecule has 3 saturated heterocycles. The van der Waals surface area contributed by atoms with E-state index in [4.69, 9.17) is 14.0 Å². The van der Waals surface area contributed by atoms with Gasteiger partial charge in [-0.15, -0.1) is 0 Å². The molecule has 0 radical (unpaired) electrons. The van der Waals surface area contributed by atoms with E-state index in [1.165, 1.54) is 25.8 Å². The Bertz CT molecular complexity index is 501. The average molecular weight is 307 g/mol. The van der Waals surface area contributed by atoms with Gasteiger partial charge in [0.2, 0.25) is 0 Å². The molecule has 4 rings (SSSR count). The van der Waals surface area contributed by atoms with Crippen LogP contribution in [0.1, 0.15) is 49.9 Å². The lowest BCUT2D eigenvalue weighted by Gasteiger charge is -2.36. The van der Waals surface area contributed by atoms with Crippen molar-refractivity contribution >= 4 is 0 Å². The Kier molecular flexibility index (Phi) is 4.15. The average Bonchev–Trinajstić information content (AvgIpc) is 3.15. The first-order chi connectivity index (χ1) is 10.8. The van der Waals surface area contributed by atoms with Gasteiger partial charge in [-0.1, -0.05) is 5.16 Å². The Balaban J connectivity index is 1.35. The zero-order chi connectivity index (χ0) is 14.9. The number of fused-ring (bicyclic) bond motifs is 1.